The van der Waals surface area contributed by atoms with Crippen molar-refractivity contribution in [3.05, 3.63) is 64.7 Å². The van der Waals surface area contributed by atoms with Crippen LogP contribution < -0.4 is 4.90 Å². The molecule has 0 bridgehead atoms. The second-order valence-electron chi connectivity index (χ2n) is 5.49. The molecule has 0 spiro atoms. The van der Waals surface area contributed by atoms with Gasteiger partial charge in [-0.3, -0.25) is 9.69 Å². The van der Waals surface area contributed by atoms with Gasteiger partial charge in [0.25, 0.3) is 5.91 Å². The van der Waals surface area contributed by atoms with Gasteiger partial charge in [-0.2, -0.15) is 0 Å². The first-order valence-corrected chi connectivity index (χ1v) is 6.66. The van der Waals surface area contributed by atoms with Crippen LogP contribution in [0.1, 0.15) is 34.0 Å². The fraction of sp³-hybridized carbons (Fsp3) is 0.235. The van der Waals surface area contributed by atoms with E-state index in [1.807, 2.05) is 50.2 Å². The molecule has 102 valence electrons. The highest BCUT2D eigenvalue weighted by Crippen LogP contribution is 2.41. The maximum atomic E-state index is 12.6. The summed E-state index contributed by atoms with van der Waals surface area (Å²) in [7, 11) is 0. The summed E-state index contributed by atoms with van der Waals surface area (Å²) in [6.07, 6.45) is 0. The fourth-order valence-electron chi connectivity index (χ4n) is 2.97. The molecule has 1 atom stereocenters. The Balaban J connectivity index is 2.18. The van der Waals surface area contributed by atoms with Crippen LogP contribution in [0.3, 0.4) is 0 Å². The molecule has 3 rings (SSSR count). The van der Waals surface area contributed by atoms with Crippen molar-refractivity contribution in [1.29, 1.82) is 0 Å². The molecule has 3 nitrogen and oxygen atoms in total. The molecule has 0 radical (unpaired) electrons. The summed E-state index contributed by atoms with van der Waals surface area (Å²) >= 11 is 0. The van der Waals surface area contributed by atoms with Gasteiger partial charge in [-0.05, 0) is 44.5 Å². The molecule has 1 aliphatic heterocycles. The first-order valence-electron chi connectivity index (χ1n) is 6.66. The average molecular weight is 267 g/mol. The number of aryl methyl sites for hydroxylation is 2. The molecule has 1 N–H and O–H groups in total. The van der Waals surface area contributed by atoms with Gasteiger partial charge in [-0.25, -0.2) is 0 Å². The zero-order chi connectivity index (χ0) is 14.5. The van der Waals surface area contributed by atoms with E-state index in [1.54, 1.807) is 13.0 Å². The molecule has 0 fully saturated rings. The van der Waals surface area contributed by atoms with E-state index in [4.69, 9.17) is 0 Å². The average Bonchev–Trinajstić information content (AvgIpc) is 2.60. The van der Waals surface area contributed by atoms with E-state index in [-0.39, 0.29) is 5.91 Å². The Morgan fingerprint density at radius 1 is 1.05 bits per heavy atom. The Hall–Kier alpha value is -2.13. The number of benzene rings is 2. The van der Waals surface area contributed by atoms with Gasteiger partial charge in [-0.1, -0.05) is 29.8 Å². The van der Waals surface area contributed by atoms with Crippen molar-refractivity contribution in [3.8, 4) is 0 Å². The van der Waals surface area contributed by atoms with Crippen molar-refractivity contribution in [1.82, 2.24) is 0 Å². The summed E-state index contributed by atoms with van der Waals surface area (Å²) in [5.41, 5.74) is 2.72. The van der Waals surface area contributed by atoms with Crippen molar-refractivity contribution in [3.63, 3.8) is 0 Å². The molecule has 0 saturated carbocycles. The highest BCUT2D eigenvalue weighted by atomic mass is 16.3. The Morgan fingerprint density at radius 3 is 2.30 bits per heavy atom. The summed E-state index contributed by atoms with van der Waals surface area (Å²) in [5.74, 6) is -0.155. The number of carbonyl (C=O) groups is 1. The Bertz CT molecular complexity index is 687. The molecule has 1 aliphatic rings. The number of anilines is 1. The van der Waals surface area contributed by atoms with Crippen LogP contribution in [0.25, 0.3) is 0 Å². The topological polar surface area (TPSA) is 40.5 Å². The molecule has 1 amide bonds. The van der Waals surface area contributed by atoms with E-state index in [0.717, 1.165) is 11.1 Å². The minimum Gasteiger partial charge on any atom is -0.367 e. The van der Waals surface area contributed by atoms with Gasteiger partial charge in [0.05, 0.1) is 0 Å². The molecular formula is C17H17NO2. The third kappa shape index (κ3) is 1.67. The molecule has 3 heteroatoms. The summed E-state index contributed by atoms with van der Waals surface area (Å²) in [6.45, 7) is 5.58. The molecule has 1 unspecified atom stereocenters. The third-order valence-corrected chi connectivity index (χ3v) is 3.91. The molecule has 0 aliphatic carbocycles. The molecule has 0 saturated heterocycles. The molecule has 2 aromatic carbocycles. The van der Waals surface area contributed by atoms with Crippen molar-refractivity contribution < 1.29 is 9.90 Å². The van der Waals surface area contributed by atoms with E-state index < -0.39 is 5.72 Å². The van der Waals surface area contributed by atoms with Crippen molar-refractivity contribution in [2.45, 2.75) is 26.5 Å². The second kappa shape index (κ2) is 4.18. The van der Waals surface area contributed by atoms with Crippen molar-refractivity contribution in [2.24, 2.45) is 0 Å². The Kier molecular flexibility index (Phi) is 2.69. The van der Waals surface area contributed by atoms with Crippen LogP contribution >= 0.6 is 0 Å². The predicted octanol–water partition coefficient (Wildman–Crippen LogP) is 3.13. The smallest absolute Gasteiger partial charge is 0.261 e. The van der Waals surface area contributed by atoms with Gasteiger partial charge in [0.1, 0.15) is 0 Å². The van der Waals surface area contributed by atoms with Crippen LogP contribution in [0.2, 0.25) is 0 Å². The van der Waals surface area contributed by atoms with Gasteiger partial charge in [-0.15, -0.1) is 0 Å². The SMILES string of the molecule is Cc1ccc(N2C(=O)c3cccc(C)c3C2(C)O)cc1. The van der Waals surface area contributed by atoms with Gasteiger partial charge < -0.3 is 5.11 Å². The highest BCUT2D eigenvalue weighted by molar-refractivity contribution is 6.11. The third-order valence-electron chi connectivity index (χ3n) is 3.91. The molecule has 0 aromatic heterocycles. The van der Waals surface area contributed by atoms with E-state index in [2.05, 4.69) is 0 Å². The zero-order valence-corrected chi connectivity index (χ0v) is 11.8. The minimum atomic E-state index is -1.31. The lowest BCUT2D eigenvalue weighted by Crippen LogP contribution is -2.41. The lowest BCUT2D eigenvalue weighted by Gasteiger charge is -2.31. The quantitative estimate of drug-likeness (QED) is 0.862. The van der Waals surface area contributed by atoms with Crippen LogP contribution in [0.15, 0.2) is 42.5 Å². The van der Waals surface area contributed by atoms with Gasteiger partial charge in [0.15, 0.2) is 5.72 Å². The zero-order valence-electron chi connectivity index (χ0n) is 11.8. The maximum Gasteiger partial charge on any atom is 0.261 e. The molecular weight excluding hydrogens is 250 g/mol. The number of aliphatic hydroxyl groups is 1. The minimum absolute atomic E-state index is 0.155. The van der Waals surface area contributed by atoms with Crippen LogP contribution in [0.4, 0.5) is 5.69 Å². The number of hydrogen-bond donors (Lipinski definition) is 1. The van der Waals surface area contributed by atoms with Crippen LogP contribution in [0, 0.1) is 13.8 Å². The molecule has 20 heavy (non-hydrogen) atoms. The standard InChI is InChI=1S/C17H17NO2/c1-11-7-9-13(10-8-11)18-16(19)14-6-4-5-12(2)15(14)17(18,3)20/h4-10,20H,1-3H3. The number of carbonyl (C=O) groups excluding carboxylic acids is 1. The summed E-state index contributed by atoms with van der Waals surface area (Å²) in [4.78, 5) is 14.1. The number of fused-ring (bicyclic) bond motifs is 1. The fourth-order valence-corrected chi connectivity index (χ4v) is 2.97. The Morgan fingerprint density at radius 2 is 1.70 bits per heavy atom. The number of nitrogens with zero attached hydrogens (tertiary/aromatic N) is 1. The van der Waals surface area contributed by atoms with Crippen LogP contribution in [0.5, 0.6) is 0 Å². The summed E-state index contributed by atoms with van der Waals surface area (Å²) in [6, 6.07) is 13.1. The first kappa shape index (κ1) is 12.9. The lowest BCUT2D eigenvalue weighted by molar-refractivity contribution is 0.0551. The van der Waals surface area contributed by atoms with Crippen molar-refractivity contribution >= 4 is 11.6 Å². The van der Waals surface area contributed by atoms with Gasteiger partial charge in [0, 0.05) is 16.8 Å². The number of rotatable bonds is 1. The highest BCUT2D eigenvalue weighted by Gasteiger charge is 2.46. The van der Waals surface area contributed by atoms with E-state index in [9.17, 15) is 9.90 Å². The molecule has 1 heterocycles. The number of hydrogen-bond acceptors (Lipinski definition) is 2. The number of amides is 1. The molecule has 2 aromatic rings. The largest absolute Gasteiger partial charge is 0.367 e. The summed E-state index contributed by atoms with van der Waals surface area (Å²) < 4.78 is 0. The van der Waals surface area contributed by atoms with Gasteiger partial charge >= 0.3 is 0 Å². The normalized spacial score (nSPS) is 21.2. The summed E-state index contributed by atoms with van der Waals surface area (Å²) in [5, 5.41) is 10.9. The van der Waals surface area contributed by atoms with Gasteiger partial charge in [0.2, 0.25) is 0 Å². The lowest BCUT2D eigenvalue weighted by atomic mass is 9.97. The van der Waals surface area contributed by atoms with E-state index in [0.29, 0.717) is 16.8 Å². The van der Waals surface area contributed by atoms with E-state index in [1.165, 1.54) is 4.90 Å². The van der Waals surface area contributed by atoms with Crippen LogP contribution in [-0.2, 0) is 5.72 Å². The Labute approximate surface area is 118 Å². The monoisotopic (exact) mass is 267 g/mol. The maximum absolute atomic E-state index is 12.6. The predicted molar refractivity (Wildman–Crippen MR) is 78.7 cm³/mol. The second-order valence-corrected chi connectivity index (χ2v) is 5.49. The van der Waals surface area contributed by atoms with Crippen LogP contribution in [-0.4, -0.2) is 11.0 Å². The van der Waals surface area contributed by atoms with E-state index >= 15 is 0 Å². The van der Waals surface area contributed by atoms with Crippen molar-refractivity contribution in [2.75, 3.05) is 4.90 Å². The first-order chi connectivity index (χ1) is 9.43.